The van der Waals surface area contributed by atoms with Crippen LogP contribution in [0.1, 0.15) is 31.0 Å². The van der Waals surface area contributed by atoms with Crippen molar-refractivity contribution in [3.05, 3.63) is 60.2 Å². The lowest BCUT2D eigenvalue weighted by Crippen LogP contribution is -2.32. The monoisotopic (exact) mass is 269 g/mol. The van der Waals surface area contributed by atoms with Crippen LogP contribution in [0, 0.1) is 0 Å². The van der Waals surface area contributed by atoms with Crippen molar-refractivity contribution in [1.29, 1.82) is 0 Å². The molecular formula is C17H23N3. The molecule has 0 aliphatic heterocycles. The van der Waals surface area contributed by atoms with Gasteiger partial charge in [0, 0.05) is 36.7 Å². The molecule has 106 valence electrons. The Balaban J connectivity index is 1.89. The van der Waals surface area contributed by atoms with Gasteiger partial charge < -0.3 is 5.32 Å². The zero-order valence-electron chi connectivity index (χ0n) is 12.1. The van der Waals surface area contributed by atoms with Gasteiger partial charge in [0.1, 0.15) is 0 Å². The summed E-state index contributed by atoms with van der Waals surface area (Å²) in [6.07, 6.45) is 9.96. The predicted molar refractivity (Wildman–Crippen MR) is 82.6 cm³/mol. The highest BCUT2D eigenvalue weighted by atomic mass is 14.9. The molecule has 0 amide bonds. The fourth-order valence-corrected chi connectivity index (χ4v) is 2.29. The molecule has 0 radical (unpaired) electrons. The van der Waals surface area contributed by atoms with E-state index in [-0.39, 0.29) is 0 Å². The molecule has 2 rings (SSSR count). The van der Waals surface area contributed by atoms with Gasteiger partial charge in [0.2, 0.25) is 0 Å². The quantitative estimate of drug-likeness (QED) is 0.800. The third kappa shape index (κ3) is 5.10. The van der Waals surface area contributed by atoms with E-state index < -0.39 is 0 Å². The number of aryl methyl sites for hydroxylation is 1. The molecule has 0 saturated heterocycles. The second kappa shape index (κ2) is 8.43. The van der Waals surface area contributed by atoms with Crippen LogP contribution in [-0.2, 0) is 12.8 Å². The molecule has 2 aromatic rings. The first kappa shape index (κ1) is 14.7. The van der Waals surface area contributed by atoms with E-state index in [0.717, 1.165) is 37.9 Å². The summed E-state index contributed by atoms with van der Waals surface area (Å²) in [4.78, 5) is 8.50. The normalized spacial score (nSPS) is 12.2. The molecule has 0 aliphatic rings. The lowest BCUT2D eigenvalue weighted by atomic mass is 10.0. The van der Waals surface area contributed by atoms with Crippen molar-refractivity contribution in [2.24, 2.45) is 0 Å². The van der Waals surface area contributed by atoms with Crippen LogP contribution in [0.15, 0.2) is 48.9 Å². The molecule has 3 nitrogen and oxygen atoms in total. The van der Waals surface area contributed by atoms with Crippen LogP contribution < -0.4 is 5.32 Å². The van der Waals surface area contributed by atoms with Crippen LogP contribution in [0.4, 0.5) is 0 Å². The lowest BCUT2D eigenvalue weighted by molar-refractivity contribution is 0.474. The van der Waals surface area contributed by atoms with E-state index in [1.165, 1.54) is 5.56 Å². The number of hydrogen-bond acceptors (Lipinski definition) is 3. The Morgan fingerprint density at radius 3 is 2.65 bits per heavy atom. The average Bonchev–Trinajstić information content (AvgIpc) is 2.52. The maximum absolute atomic E-state index is 4.43. The van der Waals surface area contributed by atoms with E-state index in [0.29, 0.717) is 6.04 Å². The molecule has 20 heavy (non-hydrogen) atoms. The van der Waals surface area contributed by atoms with Crippen molar-refractivity contribution in [3.63, 3.8) is 0 Å². The molecule has 0 spiro atoms. The zero-order valence-corrected chi connectivity index (χ0v) is 12.1. The van der Waals surface area contributed by atoms with Crippen LogP contribution in [0.3, 0.4) is 0 Å². The maximum Gasteiger partial charge on any atom is 0.0419 e. The number of pyridine rings is 2. The van der Waals surface area contributed by atoms with Crippen molar-refractivity contribution in [3.8, 4) is 0 Å². The second-order valence-electron chi connectivity index (χ2n) is 5.07. The van der Waals surface area contributed by atoms with E-state index in [9.17, 15) is 0 Å². The van der Waals surface area contributed by atoms with Gasteiger partial charge in [-0.25, -0.2) is 0 Å². The maximum atomic E-state index is 4.43. The number of hydrogen-bond donors (Lipinski definition) is 1. The largest absolute Gasteiger partial charge is 0.314 e. The SMILES string of the molecule is CCCNC(CCc1ccncc1)Cc1ccccn1. The third-order valence-electron chi connectivity index (χ3n) is 3.40. The fourth-order valence-electron chi connectivity index (χ4n) is 2.29. The fraction of sp³-hybridized carbons (Fsp3) is 0.412. The lowest BCUT2D eigenvalue weighted by Gasteiger charge is -2.18. The third-order valence-corrected chi connectivity index (χ3v) is 3.40. The Hall–Kier alpha value is -1.74. The van der Waals surface area contributed by atoms with Crippen LogP contribution >= 0.6 is 0 Å². The highest BCUT2D eigenvalue weighted by molar-refractivity contribution is 5.11. The Labute approximate surface area is 121 Å². The summed E-state index contributed by atoms with van der Waals surface area (Å²) >= 11 is 0. The Bertz CT molecular complexity index is 470. The molecule has 0 aliphatic carbocycles. The highest BCUT2D eigenvalue weighted by Crippen LogP contribution is 2.08. The summed E-state index contributed by atoms with van der Waals surface area (Å²) in [5, 5.41) is 3.63. The summed E-state index contributed by atoms with van der Waals surface area (Å²) < 4.78 is 0. The van der Waals surface area contributed by atoms with E-state index in [1.807, 2.05) is 24.7 Å². The first-order valence-electron chi connectivity index (χ1n) is 7.40. The van der Waals surface area contributed by atoms with Crippen LogP contribution in [0.5, 0.6) is 0 Å². The van der Waals surface area contributed by atoms with Crippen molar-refractivity contribution in [2.45, 2.75) is 38.6 Å². The van der Waals surface area contributed by atoms with Gasteiger partial charge in [0.05, 0.1) is 0 Å². The molecule has 1 unspecified atom stereocenters. The second-order valence-corrected chi connectivity index (χ2v) is 5.07. The first-order valence-corrected chi connectivity index (χ1v) is 7.40. The predicted octanol–water partition coefficient (Wildman–Crippen LogP) is 3.02. The van der Waals surface area contributed by atoms with E-state index >= 15 is 0 Å². The van der Waals surface area contributed by atoms with E-state index in [1.54, 1.807) is 0 Å². The molecule has 0 fully saturated rings. The number of nitrogens with one attached hydrogen (secondary N) is 1. The molecule has 0 aromatic carbocycles. The Morgan fingerprint density at radius 2 is 1.95 bits per heavy atom. The van der Waals surface area contributed by atoms with Gasteiger partial charge in [0.15, 0.2) is 0 Å². The van der Waals surface area contributed by atoms with Crippen LogP contribution in [0.25, 0.3) is 0 Å². The number of aromatic nitrogens is 2. The van der Waals surface area contributed by atoms with E-state index in [2.05, 4.69) is 46.5 Å². The van der Waals surface area contributed by atoms with Gasteiger partial charge in [-0.2, -0.15) is 0 Å². The first-order chi connectivity index (χ1) is 9.88. The molecule has 0 saturated carbocycles. The Kier molecular flexibility index (Phi) is 6.18. The standard InChI is InChI=1S/C17H23N3/c1-2-10-19-17(14-16-5-3-4-11-20-16)7-6-15-8-12-18-13-9-15/h3-5,8-9,11-13,17,19H,2,6-7,10,14H2,1H3. The van der Waals surface area contributed by atoms with Crippen molar-refractivity contribution in [1.82, 2.24) is 15.3 Å². The average molecular weight is 269 g/mol. The van der Waals surface area contributed by atoms with Gasteiger partial charge in [-0.3, -0.25) is 9.97 Å². The molecule has 2 aromatic heterocycles. The Morgan fingerprint density at radius 1 is 1.10 bits per heavy atom. The molecular weight excluding hydrogens is 246 g/mol. The summed E-state index contributed by atoms with van der Waals surface area (Å²) in [6, 6.07) is 10.8. The van der Waals surface area contributed by atoms with Crippen LogP contribution in [0.2, 0.25) is 0 Å². The van der Waals surface area contributed by atoms with Gasteiger partial charge in [-0.05, 0) is 55.6 Å². The van der Waals surface area contributed by atoms with Gasteiger partial charge >= 0.3 is 0 Å². The summed E-state index contributed by atoms with van der Waals surface area (Å²) in [5.74, 6) is 0. The van der Waals surface area contributed by atoms with Crippen molar-refractivity contribution < 1.29 is 0 Å². The topological polar surface area (TPSA) is 37.8 Å². The summed E-state index contributed by atoms with van der Waals surface area (Å²) in [7, 11) is 0. The molecule has 1 atom stereocenters. The molecule has 2 heterocycles. The summed E-state index contributed by atoms with van der Waals surface area (Å²) in [6.45, 7) is 3.27. The molecule has 1 N–H and O–H groups in total. The number of nitrogens with zero attached hydrogens (tertiary/aromatic N) is 2. The number of rotatable bonds is 8. The minimum atomic E-state index is 0.484. The van der Waals surface area contributed by atoms with Crippen molar-refractivity contribution in [2.75, 3.05) is 6.54 Å². The zero-order chi connectivity index (χ0) is 14.0. The molecule has 3 heteroatoms. The minimum absolute atomic E-state index is 0.484. The van der Waals surface area contributed by atoms with Gasteiger partial charge in [0.25, 0.3) is 0 Å². The molecule has 0 bridgehead atoms. The van der Waals surface area contributed by atoms with E-state index in [4.69, 9.17) is 0 Å². The van der Waals surface area contributed by atoms with Gasteiger partial charge in [-0.15, -0.1) is 0 Å². The minimum Gasteiger partial charge on any atom is -0.314 e. The van der Waals surface area contributed by atoms with Crippen molar-refractivity contribution >= 4 is 0 Å². The summed E-state index contributed by atoms with van der Waals surface area (Å²) in [5.41, 5.74) is 2.51. The van der Waals surface area contributed by atoms with Crippen LogP contribution in [-0.4, -0.2) is 22.6 Å². The van der Waals surface area contributed by atoms with Gasteiger partial charge in [-0.1, -0.05) is 13.0 Å². The smallest absolute Gasteiger partial charge is 0.0419 e. The highest BCUT2D eigenvalue weighted by Gasteiger charge is 2.09.